The highest BCUT2D eigenvalue weighted by molar-refractivity contribution is 7.92. The lowest BCUT2D eigenvalue weighted by molar-refractivity contribution is -0.141. The molecule has 1 N–H and O–H groups in total. The Balaban J connectivity index is 2.10. The minimum Gasteiger partial charge on any atom is -0.350 e. The molecule has 0 unspecified atom stereocenters. The summed E-state index contributed by atoms with van der Waals surface area (Å²) in [6, 6.07) is 19.7. The monoisotopic (exact) mass is 583 g/mol. The Kier molecular flexibility index (Phi) is 10.0. The first-order valence-electron chi connectivity index (χ1n) is 13.2. The predicted octanol–water partition coefficient (Wildman–Crippen LogP) is 5.87. The van der Waals surface area contributed by atoms with Gasteiger partial charge in [-0.25, -0.2) is 8.42 Å². The Labute approximate surface area is 243 Å². The van der Waals surface area contributed by atoms with Crippen LogP contribution < -0.4 is 9.62 Å². The summed E-state index contributed by atoms with van der Waals surface area (Å²) in [7, 11) is -4.11. The van der Waals surface area contributed by atoms with Crippen LogP contribution in [0.3, 0.4) is 0 Å². The van der Waals surface area contributed by atoms with Gasteiger partial charge in [-0.05, 0) is 88.1 Å². The molecule has 0 saturated carbocycles. The van der Waals surface area contributed by atoms with Crippen molar-refractivity contribution in [2.45, 2.75) is 71.0 Å². The summed E-state index contributed by atoms with van der Waals surface area (Å²) in [5.41, 5.74) is 2.23. The van der Waals surface area contributed by atoms with Gasteiger partial charge in [0.1, 0.15) is 12.6 Å². The van der Waals surface area contributed by atoms with Gasteiger partial charge in [0.2, 0.25) is 11.8 Å². The van der Waals surface area contributed by atoms with E-state index in [0.717, 1.165) is 15.4 Å². The summed E-state index contributed by atoms with van der Waals surface area (Å²) in [6.45, 7) is 10.8. The molecule has 0 aliphatic carbocycles. The van der Waals surface area contributed by atoms with Crippen LogP contribution in [0.1, 0.15) is 50.8 Å². The van der Waals surface area contributed by atoms with E-state index in [9.17, 15) is 18.0 Å². The van der Waals surface area contributed by atoms with Gasteiger partial charge in [0.05, 0.1) is 10.6 Å². The van der Waals surface area contributed by atoms with Crippen molar-refractivity contribution in [3.63, 3.8) is 0 Å². The number of carbonyl (C=O) groups excluding carboxylic acids is 2. The molecule has 3 aromatic carbocycles. The second-order valence-electron chi connectivity index (χ2n) is 10.9. The lowest BCUT2D eigenvalue weighted by atomic mass is 10.1. The van der Waals surface area contributed by atoms with Crippen LogP contribution in [0.2, 0.25) is 5.02 Å². The number of amides is 2. The third kappa shape index (κ3) is 7.86. The molecule has 0 heterocycles. The molecule has 0 bridgehead atoms. The Morgan fingerprint density at radius 2 is 1.57 bits per heavy atom. The van der Waals surface area contributed by atoms with E-state index in [-0.39, 0.29) is 17.3 Å². The lowest BCUT2D eigenvalue weighted by Gasteiger charge is -2.35. The fourth-order valence-corrected chi connectivity index (χ4v) is 6.00. The van der Waals surface area contributed by atoms with E-state index in [0.29, 0.717) is 22.7 Å². The molecule has 0 fully saturated rings. The number of aryl methyl sites for hydroxylation is 2. The molecule has 0 radical (unpaired) electrons. The number of nitrogens with zero attached hydrogens (tertiary/aromatic N) is 2. The highest BCUT2D eigenvalue weighted by Crippen LogP contribution is 2.28. The van der Waals surface area contributed by atoms with Crippen molar-refractivity contribution in [2.24, 2.45) is 0 Å². The van der Waals surface area contributed by atoms with Crippen LogP contribution >= 0.6 is 11.6 Å². The van der Waals surface area contributed by atoms with Crippen molar-refractivity contribution in [2.75, 3.05) is 10.8 Å². The molecule has 214 valence electrons. The van der Waals surface area contributed by atoms with Crippen LogP contribution in [0.15, 0.2) is 77.7 Å². The van der Waals surface area contributed by atoms with Crippen molar-refractivity contribution in [1.29, 1.82) is 0 Å². The van der Waals surface area contributed by atoms with Gasteiger partial charge in [0, 0.05) is 17.1 Å². The molecule has 3 aromatic rings. The largest absolute Gasteiger partial charge is 0.350 e. The molecule has 0 saturated heterocycles. The minimum atomic E-state index is -4.11. The van der Waals surface area contributed by atoms with Gasteiger partial charge in [-0.1, -0.05) is 61.0 Å². The first-order valence-corrected chi connectivity index (χ1v) is 15.1. The number of halogens is 1. The number of anilines is 1. The summed E-state index contributed by atoms with van der Waals surface area (Å²) in [4.78, 5) is 29.1. The Hall–Kier alpha value is -3.36. The van der Waals surface area contributed by atoms with Gasteiger partial charge in [0.15, 0.2) is 0 Å². The first-order chi connectivity index (χ1) is 18.7. The van der Waals surface area contributed by atoms with E-state index in [1.165, 1.54) is 17.0 Å². The SMILES string of the molecule is CC[C@@H](C(=O)NC(C)(C)C)N(Cc1ccc(Cl)cc1)C(=O)CN(c1cc(C)ccc1C)S(=O)(=O)c1ccccc1. The lowest BCUT2D eigenvalue weighted by Crippen LogP contribution is -2.55. The molecule has 40 heavy (non-hydrogen) atoms. The van der Waals surface area contributed by atoms with E-state index in [4.69, 9.17) is 11.6 Å². The summed E-state index contributed by atoms with van der Waals surface area (Å²) < 4.78 is 29.1. The van der Waals surface area contributed by atoms with E-state index in [2.05, 4.69) is 5.32 Å². The quantitative estimate of drug-likeness (QED) is 0.323. The fraction of sp³-hybridized carbons (Fsp3) is 0.355. The summed E-state index contributed by atoms with van der Waals surface area (Å²) in [5.74, 6) is -0.798. The maximum atomic E-state index is 14.2. The van der Waals surface area contributed by atoms with Gasteiger partial charge in [-0.2, -0.15) is 0 Å². The van der Waals surface area contributed by atoms with Crippen LogP contribution in [0.25, 0.3) is 0 Å². The van der Waals surface area contributed by atoms with E-state index in [1.807, 2.05) is 53.7 Å². The second kappa shape index (κ2) is 12.9. The van der Waals surface area contributed by atoms with E-state index in [1.54, 1.807) is 48.5 Å². The third-order valence-corrected chi connectivity index (χ3v) is 8.42. The van der Waals surface area contributed by atoms with Gasteiger partial charge in [0.25, 0.3) is 10.0 Å². The summed E-state index contributed by atoms with van der Waals surface area (Å²) in [5, 5.41) is 3.52. The number of sulfonamides is 1. The smallest absolute Gasteiger partial charge is 0.264 e. The molecular weight excluding hydrogens is 546 g/mol. The molecule has 0 spiro atoms. The van der Waals surface area contributed by atoms with Gasteiger partial charge < -0.3 is 10.2 Å². The van der Waals surface area contributed by atoms with E-state index >= 15 is 0 Å². The number of hydrogen-bond acceptors (Lipinski definition) is 4. The molecule has 3 rings (SSSR count). The van der Waals surface area contributed by atoms with Crippen LogP contribution in [0.5, 0.6) is 0 Å². The highest BCUT2D eigenvalue weighted by atomic mass is 35.5. The van der Waals surface area contributed by atoms with Gasteiger partial charge >= 0.3 is 0 Å². The summed E-state index contributed by atoms with van der Waals surface area (Å²) >= 11 is 6.08. The van der Waals surface area contributed by atoms with E-state index < -0.39 is 34.1 Å². The minimum absolute atomic E-state index is 0.0745. The van der Waals surface area contributed by atoms with Crippen molar-refractivity contribution >= 4 is 39.1 Å². The molecule has 1 atom stereocenters. The zero-order valence-electron chi connectivity index (χ0n) is 23.9. The highest BCUT2D eigenvalue weighted by Gasteiger charge is 2.35. The third-order valence-electron chi connectivity index (χ3n) is 6.39. The van der Waals surface area contributed by atoms with Crippen LogP contribution in [0.4, 0.5) is 5.69 Å². The predicted molar refractivity (Wildman–Crippen MR) is 161 cm³/mol. The van der Waals surface area contributed by atoms with Crippen molar-refractivity contribution in [1.82, 2.24) is 10.2 Å². The molecule has 0 aromatic heterocycles. The summed E-state index contributed by atoms with van der Waals surface area (Å²) in [6.07, 6.45) is 0.343. The normalized spacial score (nSPS) is 12.5. The number of nitrogens with one attached hydrogen (secondary N) is 1. The Morgan fingerprint density at radius 3 is 2.15 bits per heavy atom. The fourth-order valence-electron chi connectivity index (χ4n) is 4.38. The molecule has 7 nitrogen and oxygen atoms in total. The molecular formula is C31H38ClN3O4S. The van der Waals surface area contributed by atoms with Gasteiger partial charge in [-0.15, -0.1) is 0 Å². The van der Waals surface area contributed by atoms with Crippen molar-refractivity contribution < 1.29 is 18.0 Å². The Bertz CT molecular complexity index is 1440. The maximum absolute atomic E-state index is 14.2. The Morgan fingerprint density at radius 1 is 0.950 bits per heavy atom. The average molecular weight is 584 g/mol. The standard InChI is InChI=1S/C31H38ClN3O4S/c1-7-27(30(37)33-31(4,5)6)34(20-24-15-17-25(32)18-16-24)29(36)21-35(28-19-22(2)13-14-23(28)3)40(38,39)26-11-9-8-10-12-26/h8-19,27H,7,20-21H2,1-6H3,(H,33,37)/t27-/m0/s1. The zero-order chi connectivity index (χ0) is 29.7. The van der Waals surface area contributed by atoms with Gasteiger partial charge in [-0.3, -0.25) is 13.9 Å². The molecule has 0 aliphatic rings. The first kappa shape index (κ1) is 31.2. The maximum Gasteiger partial charge on any atom is 0.264 e. The van der Waals surface area contributed by atoms with Crippen LogP contribution in [-0.4, -0.2) is 43.3 Å². The second-order valence-corrected chi connectivity index (χ2v) is 13.2. The number of hydrogen-bond donors (Lipinski definition) is 1. The average Bonchev–Trinajstić information content (AvgIpc) is 2.89. The molecule has 0 aliphatic heterocycles. The number of benzene rings is 3. The zero-order valence-corrected chi connectivity index (χ0v) is 25.5. The molecule has 9 heteroatoms. The number of rotatable bonds is 10. The number of carbonyl (C=O) groups is 2. The van der Waals surface area contributed by atoms with Crippen molar-refractivity contribution in [3.8, 4) is 0 Å². The van der Waals surface area contributed by atoms with Crippen LogP contribution in [-0.2, 0) is 26.2 Å². The topological polar surface area (TPSA) is 86.8 Å². The molecule has 2 amide bonds. The van der Waals surface area contributed by atoms with Crippen molar-refractivity contribution in [3.05, 3.63) is 94.5 Å². The van der Waals surface area contributed by atoms with Crippen LogP contribution in [0, 0.1) is 13.8 Å².